The number of carbonyl (C=O) groups excluding carboxylic acids is 1. The molecular formula is C18H23FN4O2. The van der Waals surface area contributed by atoms with Crippen LogP contribution in [0.25, 0.3) is 0 Å². The van der Waals surface area contributed by atoms with E-state index in [1.54, 1.807) is 11.0 Å². The predicted molar refractivity (Wildman–Crippen MR) is 90.7 cm³/mol. The number of fused-ring (bicyclic) bond motifs is 1. The molecule has 1 amide bonds. The fraction of sp³-hybridized carbons (Fsp3) is 0.611. The van der Waals surface area contributed by atoms with Crippen molar-refractivity contribution in [3.05, 3.63) is 29.7 Å². The number of aryl methyl sites for hydroxylation is 1. The Morgan fingerprint density at radius 3 is 3.04 bits per heavy atom. The van der Waals surface area contributed by atoms with E-state index in [4.69, 9.17) is 4.74 Å². The largest absolute Gasteiger partial charge is 0.381 e. The third kappa shape index (κ3) is 2.90. The minimum atomic E-state index is -0.511. The molecule has 3 aliphatic heterocycles. The standard InChI is InChI=1S/C18H23FN4O2/c1-13-4-5-16(21-20-13)23-9-14-11-25-8-6-18(14,12-23)17(24)22-7-2-3-15(19)10-22/h3-5,14H,2,6-12H2,1H3. The van der Waals surface area contributed by atoms with E-state index < -0.39 is 5.41 Å². The van der Waals surface area contributed by atoms with Crippen LogP contribution in [0.5, 0.6) is 0 Å². The summed E-state index contributed by atoms with van der Waals surface area (Å²) in [6.45, 7) is 5.03. The number of carbonyl (C=O) groups is 1. The van der Waals surface area contributed by atoms with Gasteiger partial charge in [0.2, 0.25) is 5.91 Å². The van der Waals surface area contributed by atoms with Crippen LogP contribution in [-0.4, -0.2) is 60.4 Å². The third-order valence-electron chi connectivity index (χ3n) is 5.63. The number of nitrogens with zero attached hydrogens (tertiary/aromatic N) is 4. The molecule has 2 saturated heterocycles. The molecule has 0 radical (unpaired) electrons. The number of anilines is 1. The summed E-state index contributed by atoms with van der Waals surface area (Å²) in [7, 11) is 0. The summed E-state index contributed by atoms with van der Waals surface area (Å²) in [6, 6.07) is 3.88. The SMILES string of the molecule is Cc1ccc(N2CC3COCCC3(C(=O)N3CCC=C(F)C3)C2)nn1. The lowest BCUT2D eigenvalue weighted by Gasteiger charge is -2.41. The first-order valence-electron chi connectivity index (χ1n) is 8.85. The molecule has 4 heterocycles. The molecule has 0 aliphatic carbocycles. The van der Waals surface area contributed by atoms with Gasteiger partial charge in [-0.3, -0.25) is 4.79 Å². The molecule has 0 N–H and O–H groups in total. The maximum absolute atomic E-state index is 13.7. The molecule has 0 saturated carbocycles. The highest BCUT2D eigenvalue weighted by molar-refractivity contribution is 5.85. The van der Waals surface area contributed by atoms with Crippen LogP contribution in [-0.2, 0) is 9.53 Å². The quantitative estimate of drug-likeness (QED) is 0.816. The first kappa shape index (κ1) is 16.4. The molecule has 2 unspecified atom stereocenters. The highest BCUT2D eigenvalue weighted by Crippen LogP contribution is 2.45. The van der Waals surface area contributed by atoms with Crippen LogP contribution in [0.15, 0.2) is 24.0 Å². The lowest BCUT2D eigenvalue weighted by Crippen LogP contribution is -2.53. The van der Waals surface area contributed by atoms with Gasteiger partial charge < -0.3 is 14.5 Å². The van der Waals surface area contributed by atoms with Gasteiger partial charge in [-0.25, -0.2) is 4.39 Å². The third-order valence-corrected chi connectivity index (χ3v) is 5.63. The van der Waals surface area contributed by atoms with Crippen molar-refractivity contribution in [2.75, 3.05) is 44.3 Å². The van der Waals surface area contributed by atoms with Gasteiger partial charge in [0, 0.05) is 32.2 Å². The van der Waals surface area contributed by atoms with Crippen molar-refractivity contribution in [3.8, 4) is 0 Å². The Hall–Kier alpha value is -2.02. The molecule has 7 heteroatoms. The summed E-state index contributed by atoms with van der Waals surface area (Å²) >= 11 is 0. The molecule has 2 fully saturated rings. The van der Waals surface area contributed by atoms with Gasteiger partial charge in [-0.15, -0.1) is 5.10 Å². The van der Waals surface area contributed by atoms with E-state index >= 15 is 0 Å². The summed E-state index contributed by atoms with van der Waals surface area (Å²) in [5.41, 5.74) is 0.354. The Bertz CT molecular complexity index is 693. The molecule has 1 aromatic rings. The van der Waals surface area contributed by atoms with Crippen molar-refractivity contribution >= 4 is 11.7 Å². The molecule has 2 atom stereocenters. The number of amides is 1. The minimum Gasteiger partial charge on any atom is -0.381 e. The summed E-state index contributed by atoms with van der Waals surface area (Å²) in [5, 5.41) is 8.41. The van der Waals surface area contributed by atoms with Crippen LogP contribution in [0.4, 0.5) is 10.2 Å². The highest BCUT2D eigenvalue weighted by Gasteiger charge is 2.55. The predicted octanol–water partition coefficient (Wildman–Crippen LogP) is 1.71. The summed E-state index contributed by atoms with van der Waals surface area (Å²) in [6.07, 6.45) is 2.84. The molecule has 0 aromatic carbocycles. The van der Waals surface area contributed by atoms with Crippen molar-refractivity contribution in [3.63, 3.8) is 0 Å². The second-order valence-corrected chi connectivity index (χ2v) is 7.26. The number of rotatable bonds is 2. The topological polar surface area (TPSA) is 58.6 Å². The van der Waals surface area contributed by atoms with Gasteiger partial charge in [0.1, 0.15) is 5.83 Å². The average molecular weight is 346 g/mol. The monoisotopic (exact) mass is 346 g/mol. The Labute approximate surface area is 146 Å². The molecule has 0 bridgehead atoms. The van der Waals surface area contributed by atoms with Crippen LogP contribution < -0.4 is 4.90 Å². The maximum Gasteiger partial charge on any atom is 0.231 e. The molecule has 6 nitrogen and oxygen atoms in total. The van der Waals surface area contributed by atoms with Gasteiger partial charge in [0.25, 0.3) is 0 Å². The zero-order valence-electron chi connectivity index (χ0n) is 14.4. The summed E-state index contributed by atoms with van der Waals surface area (Å²) in [4.78, 5) is 17.2. The Morgan fingerprint density at radius 2 is 2.28 bits per heavy atom. The van der Waals surface area contributed by atoms with Gasteiger partial charge in [0.15, 0.2) is 5.82 Å². The second kappa shape index (κ2) is 6.37. The van der Waals surface area contributed by atoms with Gasteiger partial charge in [-0.05, 0) is 38.0 Å². The molecule has 134 valence electrons. The first-order chi connectivity index (χ1) is 12.1. The van der Waals surface area contributed by atoms with Gasteiger partial charge >= 0.3 is 0 Å². The van der Waals surface area contributed by atoms with Crippen LogP contribution in [0.3, 0.4) is 0 Å². The van der Waals surface area contributed by atoms with Crippen molar-refractivity contribution < 1.29 is 13.9 Å². The lowest BCUT2D eigenvalue weighted by molar-refractivity contribution is -0.150. The molecule has 25 heavy (non-hydrogen) atoms. The first-order valence-corrected chi connectivity index (χ1v) is 8.85. The normalized spacial score (nSPS) is 29.4. The molecule has 0 spiro atoms. The van der Waals surface area contributed by atoms with E-state index in [9.17, 15) is 9.18 Å². The smallest absolute Gasteiger partial charge is 0.231 e. The number of hydrogen-bond donors (Lipinski definition) is 0. The highest BCUT2D eigenvalue weighted by atomic mass is 19.1. The van der Waals surface area contributed by atoms with Crippen LogP contribution in [0.1, 0.15) is 18.5 Å². The van der Waals surface area contributed by atoms with Gasteiger partial charge in [0.05, 0.1) is 24.3 Å². The van der Waals surface area contributed by atoms with Crippen LogP contribution in [0.2, 0.25) is 0 Å². The van der Waals surface area contributed by atoms with Crippen molar-refractivity contribution in [2.45, 2.75) is 19.8 Å². The number of halogens is 1. The van der Waals surface area contributed by atoms with Crippen molar-refractivity contribution in [1.29, 1.82) is 0 Å². The maximum atomic E-state index is 13.7. The molecule has 1 aromatic heterocycles. The Morgan fingerprint density at radius 1 is 1.40 bits per heavy atom. The van der Waals surface area contributed by atoms with E-state index in [-0.39, 0.29) is 24.2 Å². The number of hydrogen-bond acceptors (Lipinski definition) is 5. The number of ether oxygens (including phenoxy) is 1. The lowest BCUT2D eigenvalue weighted by atomic mass is 9.73. The van der Waals surface area contributed by atoms with E-state index in [0.717, 1.165) is 18.1 Å². The van der Waals surface area contributed by atoms with Gasteiger partial charge in [-0.1, -0.05) is 0 Å². The fourth-order valence-electron chi connectivity index (χ4n) is 4.23. The number of aromatic nitrogens is 2. The summed E-state index contributed by atoms with van der Waals surface area (Å²) < 4.78 is 19.3. The van der Waals surface area contributed by atoms with Crippen LogP contribution >= 0.6 is 0 Å². The molecular weight excluding hydrogens is 323 g/mol. The van der Waals surface area contributed by atoms with Gasteiger partial charge in [-0.2, -0.15) is 5.10 Å². The minimum absolute atomic E-state index is 0.0617. The van der Waals surface area contributed by atoms with Crippen molar-refractivity contribution in [2.24, 2.45) is 11.3 Å². The average Bonchev–Trinajstić information content (AvgIpc) is 3.02. The fourth-order valence-corrected chi connectivity index (χ4v) is 4.23. The molecule has 4 rings (SSSR count). The van der Waals surface area contributed by atoms with Crippen molar-refractivity contribution in [1.82, 2.24) is 15.1 Å². The van der Waals surface area contributed by atoms with E-state index in [0.29, 0.717) is 39.1 Å². The second-order valence-electron chi connectivity index (χ2n) is 7.26. The van der Waals surface area contributed by atoms with E-state index in [1.165, 1.54) is 0 Å². The Kier molecular flexibility index (Phi) is 4.19. The van der Waals surface area contributed by atoms with E-state index in [2.05, 4.69) is 15.1 Å². The van der Waals surface area contributed by atoms with Crippen LogP contribution in [0, 0.1) is 18.3 Å². The Balaban J connectivity index is 1.60. The summed E-state index contributed by atoms with van der Waals surface area (Å²) in [5.74, 6) is 0.744. The zero-order chi connectivity index (χ0) is 17.4. The van der Waals surface area contributed by atoms with E-state index in [1.807, 2.05) is 19.1 Å². The zero-order valence-corrected chi connectivity index (χ0v) is 14.4. The molecule has 3 aliphatic rings.